The van der Waals surface area contributed by atoms with E-state index in [0.29, 0.717) is 0 Å². The van der Waals surface area contributed by atoms with E-state index in [0.717, 1.165) is 0 Å². The van der Waals surface area contributed by atoms with Crippen LogP contribution in [0.4, 0.5) is 0 Å². The second-order valence-corrected chi connectivity index (χ2v) is 4.23. The molecule has 0 radical (unpaired) electrons. The number of aliphatic hydroxyl groups excluding tert-OH is 2. The third-order valence-electron chi connectivity index (χ3n) is 2.21. The molecule has 1 aromatic carbocycles. The quantitative estimate of drug-likeness (QED) is 0.664. The lowest BCUT2D eigenvalue weighted by Gasteiger charge is -2.19. The van der Waals surface area contributed by atoms with Crippen molar-refractivity contribution in [1.29, 1.82) is 0 Å². The Labute approximate surface area is 103 Å². The maximum absolute atomic E-state index is 9.79. The average Bonchev–Trinajstić information content (AvgIpc) is 2.23. The van der Waals surface area contributed by atoms with Gasteiger partial charge < -0.3 is 21.1 Å². The third-order valence-corrected chi connectivity index (χ3v) is 2.84. The molecule has 4 nitrogen and oxygen atoms in total. The van der Waals surface area contributed by atoms with E-state index < -0.39 is 12.2 Å². The molecule has 0 heterocycles. The van der Waals surface area contributed by atoms with E-state index in [1.165, 1.54) is 12.1 Å². The Hall–Kier alpha value is -0.520. The Bertz CT molecular complexity index is 373. The van der Waals surface area contributed by atoms with E-state index in [4.69, 9.17) is 28.9 Å². The highest BCUT2D eigenvalue weighted by atomic mass is 35.5. The molecule has 0 aliphatic rings. The van der Waals surface area contributed by atoms with Crippen molar-refractivity contribution in [3.63, 3.8) is 0 Å². The monoisotopic (exact) mass is 265 g/mol. The summed E-state index contributed by atoms with van der Waals surface area (Å²) in [6.07, 6.45) is -1.94. The van der Waals surface area contributed by atoms with Gasteiger partial charge in [-0.3, -0.25) is 0 Å². The zero-order valence-electron chi connectivity index (χ0n) is 8.40. The van der Waals surface area contributed by atoms with Gasteiger partial charge in [0.2, 0.25) is 0 Å². The number of hydrogen-bond acceptors (Lipinski definition) is 4. The second kappa shape index (κ2) is 5.70. The minimum Gasteiger partial charge on any atom is -0.506 e. The van der Waals surface area contributed by atoms with E-state index in [2.05, 4.69) is 0 Å². The summed E-state index contributed by atoms with van der Waals surface area (Å²) in [6.45, 7) is 0.252. The normalized spacial score (nSPS) is 14.8. The van der Waals surface area contributed by atoms with Gasteiger partial charge in [-0.25, -0.2) is 0 Å². The van der Waals surface area contributed by atoms with Crippen molar-refractivity contribution in [3.8, 4) is 5.75 Å². The Morgan fingerprint density at radius 2 is 1.81 bits per heavy atom. The van der Waals surface area contributed by atoms with E-state index in [1.807, 2.05) is 0 Å². The fraction of sp³-hybridized carbons (Fsp3) is 0.400. The molecule has 0 saturated heterocycles. The molecule has 0 aromatic heterocycles. The molecule has 0 spiro atoms. The minimum atomic E-state index is -1.17. The molecule has 1 aromatic rings. The summed E-state index contributed by atoms with van der Waals surface area (Å²) in [5.41, 5.74) is 5.54. The summed E-state index contributed by atoms with van der Waals surface area (Å²) in [4.78, 5) is 0. The number of aliphatic hydroxyl groups is 2. The number of phenols is 1. The lowest BCUT2D eigenvalue weighted by molar-refractivity contribution is 0.0150. The first-order valence-electron chi connectivity index (χ1n) is 4.71. The van der Waals surface area contributed by atoms with Gasteiger partial charge in [-0.2, -0.15) is 0 Å². The van der Waals surface area contributed by atoms with Crippen molar-refractivity contribution in [1.82, 2.24) is 0 Å². The van der Waals surface area contributed by atoms with Crippen LogP contribution in [-0.4, -0.2) is 28.0 Å². The van der Waals surface area contributed by atoms with E-state index in [1.54, 1.807) is 0 Å². The van der Waals surface area contributed by atoms with Crippen LogP contribution in [0.2, 0.25) is 10.0 Å². The van der Waals surface area contributed by atoms with Crippen molar-refractivity contribution in [2.45, 2.75) is 18.6 Å². The zero-order valence-corrected chi connectivity index (χ0v) is 9.91. The molecule has 0 saturated carbocycles. The van der Waals surface area contributed by atoms with Gasteiger partial charge in [0.05, 0.1) is 16.1 Å². The summed E-state index contributed by atoms with van der Waals surface area (Å²) in [5.74, 6) is -0.170. The van der Waals surface area contributed by atoms with Crippen LogP contribution in [0.5, 0.6) is 5.75 Å². The minimum absolute atomic E-state index is 0.0680. The molecule has 6 heteroatoms. The molecule has 2 atom stereocenters. The van der Waals surface area contributed by atoms with Gasteiger partial charge in [-0.1, -0.05) is 23.2 Å². The first kappa shape index (κ1) is 13.5. The van der Waals surface area contributed by atoms with Crippen LogP contribution >= 0.6 is 23.2 Å². The molecule has 0 aliphatic carbocycles. The van der Waals surface area contributed by atoms with Crippen molar-refractivity contribution in [2.75, 3.05) is 6.54 Å². The molecular formula is C10H13Cl2NO3. The van der Waals surface area contributed by atoms with Gasteiger partial charge in [0, 0.05) is 11.6 Å². The summed E-state index contributed by atoms with van der Waals surface area (Å²) in [6, 6.07) is 2.54. The fourth-order valence-corrected chi connectivity index (χ4v) is 1.76. The van der Waals surface area contributed by atoms with Crippen LogP contribution in [0.25, 0.3) is 0 Å². The number of phenolic OH excluding ortho intramolecular Hbond substituents is 1. The standard InChI is InChI=1S/C10H13Cl2NO3/c11-6-4-9(15)7(12)3-5(6)10(16)8(14)1-2-13/h3-4,8,10,14-16H,1-2,13H2. The highest BCUT2D eigenvalue weighted by molar-refractivity contribution is 6.34. The first-order chi connectivity index (χ1) is 7.47. The van der Waals surface area contributed by atoms with Crippen molar-refractivity contribution >= 4 is 23.2 Å². The number of rotatable bonds is 4. The molecule has 1 rings (SSSR count). The summed E-state index contributed by atoms with van der Waals surface area (Å²) >= 11 is 11.5. The van der Waals surface area contributed by atoms with Gasteiger partial charge in [-0.15, -0.1) is 0 Å². The van der Waals surface area contributed by atoms with Crippen molar-refractivity contribution < 1.29 is 15.3 Å². The number of hydrogen-bond donors (Lipinski definition) is 4. The maximum atomic E-state index is 9.79. The van der Waals surface area contributed by atoms with Crippen molar-refractivity contribution in [2.24, 2.45) is 5.73 Å². The topological polar surface area (TPSA) is 86.7 Å². The Kier molecular flexibility index (Phi) is 4.83. The Morgan fingerprint density at radius 3 is 2.38 bits per heavy atom. The number of benzene rings is 1. The zero-order chi connectivity index (χ0) is 12.3. The first-order valence-corrected chi connectivity index (χ1v) is 5.47. The van der Waals surface area contributed by atoms with Crippen molar-refractivity contribution in [3.05, 3.63) is 27.7 Å². The molecule has 0 amide bonds. The smallest absolute Gasteiger partial charge is 0.135 e. The van der Waals surface area contributed by atoms with Gasteiger partial charge in [-0.05, 0) is 19.0 Å². The maximum Gasteiger partial charge on any atom is 0.135 e. The predicted octanol–water partition coefficient (Wildman–Crippen LogP) is 1.44. The van der Waals surface area contributed by atoms with Crippen LogP contribution in [0.15, 0.2) is 12.1 Å². The van der Waals surface area contributed by atoms with Crippen LogP contribution in [0, 0.1) is 0 Å². The van der Waals surface area contributed by atoms with E-state index in [-0.39, 0.29) is 34.3 Å². The Balaban J connectivity index is 2.99. The largest absolute Gasteiger partial charge is 0.506 e. The highest BCUT2D eigenvalue weighted by Gasteiger charge is 2.21. The molecular weight excluding hydrogens is 253 g/mol. The van der Waals surface area contributed by atoms with E-state index in [9.17, 15) is 15.3 Å². The number of nitrogens with two attached hydrogens (primary N) is 1. The van der Waals surface area contributed by atoms with Crippen LogP contribution in [0.1, 0.15) is 18.1 Å². The van der Waals surface area contributed by atoms with Crippen LogP contribution < -0.4 is 5.73 Å². The van der Waals surface area contributed by atoms with Crippen LogP contribution in [0.3, 0.4) is 0 Å². The molecule has 0 aliphatic heterocycles. The van der Waals surface area contributed by atoms with Gasteiger partial charge >= 0.3 is 0 Å². The summed E-state index contributed by atoms with van der Waals surface area (Å²) in [7, 11) is 0. The van der Waals surface area contributed by atoms with Crippen LogP contribution in [-0.2, 0) is 0 Å². The van der Waals surface area contributed by atoms with E-state index >= 15 is 0 Å². The number of halogens is 2. The predicted molar refractivity (Wildman–Crippen MR) is 62.8 cm³/mol. The second-order valence-electron chi connectivity index (χ2n) is 3.41. The molecule has 2 unspecified atom stereocenters. The Morgan fingerprint density at radius 1 is 1.19 bits per heavy atom. The van der Waals surface area contributed by atoms with Gasteiger partial charge in [0.15, 0.2) is 0 Å². The lowest BCUT2D eigenvalue weighted by Crippen LogP contribution is -2.22. The number of aromatic hydroxyl groups is 1. The third kappa shape index (κ3) is 2.99. The van der Waals surface area contributed by atoms with Gasteiger partial charge in [0.1, 0.15) is 11.9 Å². The average molecular weight is 266 g/mol. The fourth-order valence-electron chi connectivity index (χ4n) is 1.31. The highest BCUT2D eigenvalue weighted by Crippen LogP contribution is 2.34. The lowest BCUT2D eigenvalue weighted by atomic mass is 10.0. The SMILES string of the molecule is NCCC(O)C(O)c1cc(Cl)c(O)cc1Cl. The molecule has 0 fully saturated rings. The molecule has 0 bridgehead atoms. The molecule has 5 N–H and O–H groups in total. The van der Waals surface area contributed by atoms with Gasteiger partial charge in [0.25, 0.3) is 0 Å². The molecule has 90 valence electrons. The summed E-state index contributed by atoms with van der Waals surface area (Å²) in [5, 5.41) is 28.8. The molecule has 16 heavy (non-hydrogen) atoms. The summed E-state index contributed by atoms with van der Waals surface area (Å²) < 4.78 is 0.